The van der Waals surface area contributed by atoms with E-state index >= 15 is 0 Å². The van der Waals surface area contributed by atoms with E-state index in [0.29, 0.717) is 5.56 Å². The lowest BCUT2D eigenvalue weighted by Crippen LogP contribution is -2.17. The largest absolute Gasteiger partial charge is 0.343 e. The van der Waals surface area contributed by atoms with Gasteiger partial charge in [0.15, 0.2) is 0 Å². The van der Waals surface area contributed by atoms with Crippen molar-refractivity contribution in [2.24, 2.45) is 12.1 Å². The molecule has 0 aliphatic rings. The van der Waals surface area contributed by atoms with Crippen LogP contribution in [-0.4, -0.2) is 26.2 Å². The summed E-state index contributed by atoms with van der Waals surface area (Å²) < 4.78 is 4.29. The summed E-state index contributed by atoms with van der Waals surface area (Å²) in [6.07, 6.45) is 1.73. The zero-order valence-electron chi connectivity index (χ0n) is 18.9. The number of hydrogen-bond donors (Lipinski definition) is 1. The molecule has 0 bridgehead atoms. The Kier molecular flexibility index (Phi) is 5.26. The third-order valence-corrected chi connectivity index (χ3v) is 6.07. The quantitative estimate of drug-likeness (QED) is 0.301. The van der Waals surface area contributed by atoms with E-state index in [1.165, 1.54) is 0 Å². The lowest BCUT2D eigenvalue weighted by atomic mass is 10.1. The normalized spacial score (nSPS) is 11.6. The SMILES string of the molecule is CCn1c(C)nc2cc(C(=O)N/N=C/c3c(-c4ccccc4)n(C)c4ccccc34)ccc21. The summed E-state index contributed by atoms with van der Waals surface area (Å²) in [5.41, 5.74) is 9.27. The first-order valence-corrected chi connectivity index (χ1v) is 11.0. The fourth-order valence-corrected chi connectivity index (χ4v) is 4.51. The van der Waals surface area contributed by atoms with Crippen LogP contribution in [0.4, 0.5) is 0 Å². The molecule has 5 rings (SSSR count). The minimum Gasteiger partial charge on any atom is -0.343 e. The molecule has 0 radical (unpaired) electrons. The first-order chi connectivity index (χ1) is 16.1. The molecule has 6 nitrogen and oxygen atoms in total. The maximum atomic E-state index is 12.8. The van der Waals surface area contributed by atoms with Crippen LogP contribution >= 0.6 is 0 Å². The fraction of sp³-hybridized carbons (Fsp3) is 0.148. The van der Waals surface area contributed by atoms with Crippen molar-refractivity contribution >= 4 is 34.1 Å². The average Bonchev–Trinajstić information content (AvgIpc) is 3.32. The van der Waals surface area contributed by atoms with Crippen molar-refractivity contribution < 1.29 is 4.79 Å². The van der Waals surface area contributed by atoms with E-state index in [0.717, 1.165) is 51.1 Å². The molecule has 2 aromatic heterocycles. The maximum Gasteiger partial charge on any atom is 0.271 e. The minimum atomic E-state index is -0.265. The second-order valence-electron chi connectivity index (χ2n) is 8.01. The molecule has 0 aliphatic carbocycles. The number of hydrogen-bond acceptors (Lipinski definition) is 3. The Morgan fingerprint density at radius 2 is 1.79 bits per heavy atom. The van der Waals surface area contributed by atoms with E-state index in [-0.39, 0.29) is 5.91 Å². The zero-order valence-corrected chi connectivity index (χ0v) is 18.9. The van der Waals surface area contributed by atoms with Crippen molar-refractivity contribution in [3.05, 3.63) is 89.7 Å². The van der Waals surface area contributed by atoms with Gasteiger partial charge >= 0.3 is 0 Å². The monoisotopic (exact) mass is 435 g/mol. The maximum absolute atomic E-state index is 12.8. The van der Waals surface area contributed by atoms with E-state index in [2.05, 4.69) is 55.8 Å². The molecule has 3 aromatic carbocycles. The fourth-order valence-electron chi connectivity index (χ4n) is 4.51. The number of imidazole rings is 1. The molecule has 5 aromatic rings. The molecule has 1 amide bonds. The lowest BCUT2D eigenvalue weighted by Gasteiger charge is -2.06. The molecular weight excluding hydrogens is 410 g/mol. The van der Waals surface area contributed by atoms with Gasteiger partial charge in [-0.15, -0.1) is 0 Å². The highest BCUT2D eigenvalue weighted by molar-refractivity contribution is 6.07. The molecule has 0 unspecified atom stereocenters. The van der Waals surface area contributed by atoms with Crippen molar-refractivity contribution in [3.63, 3.8) is 0 Å². The molecule has 1 N–H and O–H groups in total. The predicted molar refractivity (Wildman–Crippen MR) is 134 cm³/mol. The van der Waals surface area contributed by atoms with Crippen LogP contribution < -0.4 is 5.43 Å². The molecule has 2 heterocycles. The smallest absolute Gasteiger partial charge is 0.271 e. The van der Waals surface area contributed by atoms with Gasteiger partial charge in [-0.3, -0.25) is 4.79 Å². The Morgan fingerprint density at radius 1 is 1.03 bits per heavy atom. The van der Waals surface area contributed by atoms with E-state index in [1.807, 2.05) is 62.5 Å². The average molecular weight is 436 g/mol. The van der Waals surface area contributed by atoms with Gasteiger partial charge in [-0.05, 0) is 43.7 Å². The van der Waals surface area contributed by atoms with Gasteiger partial charge in [-0.2, -0.15) is 5.10 Å². The number of hydrazone groups is 1. The van der Waals surface area contributed by atoms with Crippen LogP contribution in [0.5, 0.6) is 0 Å². The number of carbonyl (C=O) groups excluding carboxylic acids is 1. The first kappa shape index (κ1) is 20.7. The molecule has 6 heteroatoms. The summed E-state index contributed by atoms with van der Waals surface area (Å²) in [6.45, 7) is 4.90. The summed E-state index contributed by atoms with van der Waals surface area (Å²) in [6, 6.07) is 24.0. The Hall–Kier alpha value is -4.19. The molecule has 164 valence electrons. The van der Waals surface area contributed by atoms with Gasteiger partial charge in [0, 0.05) is 35.6 Å². The summed E-state index contributed by atoms with van der Waals surface area (Å²) in [5, 5.41) is 5.41. The number of fused-ring (bicyclic) bond motifs is 2. The van der Waals surface area contributed by atoms with Crippen LogP contribution in [0.1, 0.15) is 28.7 Å². The van der Waals surface area contributed by atoms with E-state index in [4.69, 9.17) is 0 Å². The van der Waals surface area contributed by atoms with Crippen molar-refractivity contribution in [2.75, 3.05) is 0 Å². The number of nitrogens with zero attached hydrogens (tertiary/aromatic N) is 4. The number of benzene rings is 3. The minimum absolute atomic E-state index is 0.265. The summed E-state index contributed by atoms with van der Waals surface area (Å²) >= 11 is 0. The molecule has 0 spiro atoms. The number of carbonyl (C=O) groups is 1. The highest BCUT2D eigenvalue weighted by atomic mass is 16.2. The topological polar surface area (TPSA) is 64.2 Å². The second-order valence-corrected chi connectivity index (χ2v) is 8.01. The molecule has 0 atom stereocenters. The highest BCUT2D eigenvalue weighted by Gasteiger charge is 2.15. The van der Waals surface area contributed by atoms with Crippen LogP contribution in [-0.2, 0) is 13.6 Å². The Balaban J connectivity index is 1.47. The van der Waals surface area contributed by atoms with Crippen LogP contribution in [0.15, 0.2) is 77.9 Å². The second kappa shape index (κ2) is 8.39. The predicted octanol–water partition coefficient (Wildman–Crippen LogP) is 5.29. The summed E-state index contributed by atoms with van der Waals surface area (Å²) in [4.78, 5) is 17.4. The lowest BCUT2D eigenvalue weighted by molar-refractivity contribution is 0.0955. The Labute approximate surface area is 192 Å². The van der Waals surface area contributed by atoms with Gasteiger partial charge < -0.3 is 9.13 Å². The van der Waals surface area contributed by atoms with Crippen molar-refractivity contribution in [3.8, 4) is 11.3 Å². The Bertz CT molecular complexity index is 1510. The van der Waals surface area contributed by atoms with Gasteiger partial charge in [0.2, 0.25) is 0 Å². The molecule has 0 aliphatic heterocycles. The number of aryl methyl sites for hydroxylation is 3. The highest BCUT2D eigenvalue weighted by Crippen LogP contribution is 2.31. The van der Waals surface area contributed by atoms with Crippen LogP contribution in [0.2, 0.25) is 0 Å². The Morgan fingerprint density at radius 3 is 2.58 bits per heavy atom. The van der Waals surface area contributed by atoms with Gasteiger partial charge in [0.1, 0.15) is 5.82 Å². The molecule has 33 heavy (non-hydrogen) atoms. The standard InChI is InChI=1S/C27H25N5O/c1-4-32-18(2)29-23-16-20(14-15-25(23)32)27(33)30-28-17-22-21-12-8-9-13-24(21)31(3)26(22)19-10-6-5-7-11-19/h5-17H,4H2,1-3H3,(H,30,33)/b28-17+. The molecule has 0 saturated heterocycles. The number of rotatable bonds is 5. The first-order valence-electron chi connectivity index (χ1n) is 11.0. The number of aromatic nitrogens is 3. The van der Waals surface area contributed by atoms with Crippen molar-refractivity contribution in [1.82, 2.24) is 19.5 Å². The van der Waals surface area contributed by atoms with Gasteiger partial charge in [-0.1, -0.05) is 48.5 Å². The van der Waals surface area contributed by atoms with Crippen LogP contribution in [0.25, 0.3) is 33.2 Å². The van der Waals surface area contributed by atoms with Crippen molar-refractivity contribution in [2.45, 2.75) is 20.4 Å². The van der Waals surface area contributed by atoms with E-state index in [1.54, 1.807) is 6.21 Å². The molecule has 0 saturated carbocycles. The third kappa shape index (κ3) is 3.59. The molecular formula is C27H25N5O. The van der Waals surface area contributed by atoms with Crippen molar-refractivity contribution in [1.29, 1.82) is 0 Å². The number of amides is 1. The summed E-state index contributed by atoms with van der Waals surface area (Å²) in [7, 11) is 2.05. The van der Waals surface area contributed by atoms with Gasteiger partial charge in [0.05, 0.1) is 22.9 Å². The number of nitrogens with one attached hydrogen (secondary N) is 1. The zero-order chi connectivity index (χ0) is 22.9. The third-order valence-electron chi connectivity index (χ3n) is 6.07. The van der Waals surface area contributed by atoms with E-state index < -0.39 is 0 Å². The van der Waals surface area contributed by atoms with Gasteiger partial charge in [-0.25, -0.2) is 10.4 Å². The van der Waals surface area contributed by atoms with Gasteiger partial charge in [0.25, 0.3) is 5.91 Å². The summed E-state index contributed by atoms with van der Waals surface area (Å²) in [5.74, 6) is 0.672. The van der Waals surface area contributed by atoms with Crippen LogP contribution in [0.3, 0.4) is 0 Å². The van der Waals surface area contributed by atoms with E-state index in [9.17, 15) is 4.79 Å². The number of para-hydroxylation sites is 1. The molecule has 0 fully saturated rings. The van der Waals surface area contributed by atoms with Crippen LogP contribution in [0, 0.1) is 6.92 Å².